The molecule has 0 radical (unpaired) electrons. The van der Waals surface area contributed by atoms with E-state index >= 15 is 0 Å². The molecule has 1 aliphatic rings. The number of carbonyl (C=O) groups is 2. The molecule has 2 amide bonds. The molecule has 0 atom stereocenters. The first kappa shape index (κ1) is 15.6. The average Bonchev–Trinajstić information content (AvgIpc) is 2.81. The van der Waals surface area contributed by atoms with Crippen LogP contribution in [-0.4, -0.2) is 29.9 Å². The number of nitrogens with zero attached hydrogens (tertiary/aromatic N) is 1. The third-order valence-corrected chi connectivity index (χ3v) is 4.23. The number of carbonyl (C=O) groups excluding carboxylic acids is 2. The van der Waals surface area contributed by atoms with Crippen LogP contribution in [0.3, 0.4) is 0 Å². The molecule has 23 heavy (non-hydrogen) atoms. The van der Waals surface area contributed by atoms with Gasteiger partial charge in [0.15, 0.2) is 0 Å². The van der Waals surface area contributed by atoms with Gasteiger partial charge in [-0.2, -0.15) is 0 Å². The van der Waals surface area contributed by atoms with Crippen LogP contribution in [0, 0.1) is 0 Å². The van der Waals surface area contributed by atoms with E-state index in [-0.39, 0.29) is 25.0 Å². The smallest absolute Gasteiger partial charge is 0.261 e. The summed E-state index contributed by atoms with van der Waals surface area (Å²) in [4.78, 5) is 25.7. The summed E-state index contributed by atoms with van der Waals surface area (Å²) in [5.41, 5.74) is 1.92. The van der Waals surface area contributed by atoms with Gasteiger partial charge in [-0.25, -0.2) is 0 Å². The SMILES string of the molecule is CCc1cc(OCCN2C(=O)c3ccccc3C2=O)ccc1Cl. The Bertz CT molecular complexity index is 738. The number of amides is 2. The largest absolute Gasteiger partial charge is 0.492 e. The van der Waals surface area contributed by atoms with Gasteiger partial charge in [0.1, 0.15) is 12.4 Å². The standard InChI is InChI=1S/C18H16ClNO3/c1-2-12-11-13(7-8-16(12)19)23-10-9-20-17(21)14-5-3-4-6-15(14)18(20)22/h3-8,11H,2,9-10H2,1H3. The Kier molecular flexibility index (Phi) is 4.35. The van der Waals surface area contributed by atoms with Crippen molar-refractivity contribution in [2.45, 2.75) is 13.3 Å². The van der Waals surface area contributed by atoms with Crippen LogP contribution in [0.25, 0.3) is 0 Å². The van der Waals surface area contributed by atoms with E-state index in [4.69, 9.17) is 16.3 Å². The van der Waals surface area contributed by atoms with Crippen molar-refractivity contribution in [3.63, 3.8) is 0 Å². The summed E-state index contributed by atoms with van der Waals surface area (Å²) in [6.45, 7) is 2.48. The second-order valence-corrected chi connectivity index (χ2v) is 5.67. The van der Waals surface area contributed by atoms with E-state index in [1.54, 1.807) is 36.4 Å². The van der Waals surface area contributed by atoms with Gasteiger partial charge < -0.3 is 4.74 Å². The molecule has 0 aliphatic carbocycles. The Labute approximate surface area is 139 Å². The lowest BCUT2D eigenvalue weighted by Gasteiger charge is -2.15. The zero-order chi connectivity index (χ0) is 16.4. The quantitative estimate of drug-likeness (QED) is 0.788. The third kappa shape index (κ3) is 2.94. The molecule has 2 aromatic carbocycles. The molecular weight excluding hydrogens is 314 g/mol. The van der Waals surface area contributed by atoms with Gasteiger partial charge in [-0.15, -0.1) is 0 Å². The van der Waals surface area contributed by atoms with Crippen molar-refractivity contribution in [1.29, 1.82) is 0 Å². The predicted molar refractivity (Wildman–Crippen MR) is 88.1 cm³/mol. The van der Waals surface area contributed by atoms with Crippen LogP contribution >= 0.6 is 11.6 Å². The lowest BCUT2D eigenvalue weighted by Crippen LogP contribution is -2.33. The van der Waals surface area contributed by atoms with Crippen LogP contribution in [0.15, 0.2) is 42.5 Å². The predicted octanol–water partition coefficient (Wildman–Crippen LogP) is 3.58. The van der Waals surface area contributed by atoms with Crippen molar-refractivity contribution in [3.8, 4) is 5.75 Å². The summed E-state index contributed by atoms with van der Waals surface area (Å²) in [7, 11) is 0. The number of benzene rings is 2. The Morgan fingerprint density at radius 1 is 1.04 bits per heavy atom. The van der Waals surface area contributed by atoms with E-state index in [1.807, 2.05) is 13.0 Å². The Morgan fingerprint density at radius 3 is 2.30 bits per heavy atom. The number of halogens is 1. The lowest BCUT2D eigenvalue weighted by molar-refractivity contribution is 0.0631. The van der Waals surface area contributed by atoms with E-state index in [2.05, 4.69) is 0 Å². The molecule has 5 heteroatoms. The monoisotopic (exact) mass is 329 g/mol. The zero-order valence-electron chi connectivity index (χ0n) is 12.7. The molecule has 0 saturated heterocycles. The number of aryl methyl sites for hydroxylation is 1. The minimum atomic E-state index is -0.264. The molecule has 3 rings (SSSR count). The molecular formula is C18H16ClNO3. The first-order chi connectivity index (χ1) is 11.1. The Balaban J connectivity index is 1.64. The van der Waals surface area contributed by atoms with Crippen LogP contribution in [-0.2, 0) is 6.42 Å². The van der Waals surface area contributed by atoms with Gasteiger partial charge in [0.2, 0.25) is 0 Å². The summed E-state index contributed by atoms with van der Waals surface area (Å²) in [5.74, 6) is 0.155. The van der Waals surface area contributed by atoms with Crippen molar-refractivity contribution in [2.75, 3.05) is 13.2 Å². The second-order valence-electron chi connectivity index (χ2n) is 5.26. The maximum Gasteiger partial charge on any atom is 0.261 e. The van der Waals surface area contributed by atoms with Crippen molar-refractivity contribution in [2.24, 2.45) is 0 Å². The summed E-state index contributed by atoms with van der Waals surface area (Å²) < 4.78 is 5.66. The van der Waals surface area contributed by atoms with Gasteiger partial charge in [-0.3, -0.25) is 14.5 Å². The van der Waals surface area contributed by atoms with Gasteiger partial charge in [-0.05, 0) is 42.3 Å². The number of hydrogen-bond donors (Lipinski definition) is 0. The number of hydrogen-bond acceptors (Lipinski definition) is 3. The van der Waals surface area contributed by atoms with E-state index in [0.29, 0.717) is 21.9 Å². The second kappa shape index (κ2) is 6.42. The van der Waals surface area contributed by atoms with Crippen molar-refractivity contribution >= 4 is 23.4 Å². The third-order valence-electron chi connectivity index (χ3n) is 3.86. The van der Waals surface area contributed by atoms with E-state index in [1.165, 1.54) is 4.90 Å². The van der Waals surface area contributed by atoms with Gasteiger partial charge in [0.25, 0.3) is 11.8 Å². The van der Waals surface area contributed by atoms with Crippen LogP contribution in [0.4, 0.5) is 0 Å². The minimum Gasteiger partial charge on any atom is -0.492 e. The summed E-state index contributed by atoms with van der Waals surface area (Å²) in [6, 6.07) is 12.3. The zero-order valence-corrected chi connectivity index (χ0v) is 13.5. The first-order valence-electron chi connectivity index (χ1n) is 7.48. The fourth-order valence-corrected chi connectivity index (χ4v) is 2.86. The van der Waals surface area contributed by atoms with Crippen LogP contribution in [0.1, 0.15) is 33.2 Å². The molecule has 1 heterocycles. The molecule has 0 spiro atoms. The number of ether oxygens (including phenoxy) is 1. The minimum absolute atomic E-state index is 0.219. The molecule has 4 nitrogen and oxygen atoms in total. The first-order valence-corrected chi connectivity index (χ1v) is 7.86. The number of imide groups is 1. The molecule has 0 N–H and O–H groups in total. The molecule has 118 valence electrons. The molecule has 2 aromatic rings. The Hall–Kier alpha value is -2.33. The lowest BCUT2D eigenvalue weighted by atomic mass is 10.1. The Morgan fingerprint density at radius 2 is 1.70 bits per heavy atom. The van der Waals surface area contributed by atoms with Gasteiger partial charge in [-0.1, -0.05) is 30.7 Å². The van der Waals surface area contributed by atoms with Crippen molar-refractivity contribution < 1.29 is 14.3 Å². The molecule has 0 fully saturated rings. The van der Waals surface area contributed by atoms with Crippen LogP contribution in [0.5, 0.6) is 5.75 Å². The maximum absolute atomic E-state index is 12.2. The van der Waals surface area contributed by atoms with E-state index in [0.717, 1.165) is 12.0 Å². The molecule has 0 aromatic heterocycles. The summed E-state index contributed by atoms with van der Waals surface area (Å²) >= 11 is 6.07. The molecule has 0 saturated carbocycles. The highest BCUT2D eigenvalue weighted by atomic mass is 35.5. The highest BCUT2D eigenvalue weighted by Crippen LogP contribution is 2.24. The number of fused-ring (bicyclic) bond motifs is 1. The molecule has 0 unspecified atom stereocenters. The van der Waals surface area contributed by atoms with E-state index in [9.17, 15) is 9.59 Å². The van der Waals surface area contributed by atoms with Crippen LogP contribution in [0.2, 0.25) is 5.02 Å². The van der Waals surface area contributed by atoms with Gasteiger partial charge in [0.05, 0.1) is 17.7 Å². The molecule has 0 bridgehead atoms. The van der Waals surface area contributed by atoms with E-state index < -0.39 is 0 Å². The summed E-state index contributed by atoms with van der Waals surface area (Å²) in [5, 5.41) is 0.709. The fraction of sp³-hybridized carbons (Fsp3) is 0.222. The number of rotatable bonds is 5. The highest BCUT2D eigenvalue weighted by Gasteiger charge is 2.34. The molecule has 1 aliphatic heterocycles. The highest BCUT2D eigenvalue weighted by molar-refractivity contribution is 6.31. The maximum atomic E-state index is 12.2. The topological polar surface area (TPSA) is 46.6 Å². The van der Waals surface area contributed by atoms with Crippen LogP contribution < -0.4 is 4.74 Å². The fourth-order valence-electron chi connectivity index (χ4n) is 2.61. The van der Waals surface area contributed by atoms with Gasteiger partial charge in [0, 0.05) is 5.02 Å². The van der Waals surface area contributed by atoms with Gasteiger partial charge >= 0.3 is 0 Å². The average molecular weight is 330 g/mol. The summed E-state index contributed by atoms with van der Waals surface area (Å²) in [6.07, 6.45) is 0.814. The van der Waals surface area contributed by atoms with Crippen molar-refractivity contribution in [1.82, 2.24) is 4.90 Å². The normalized spacial score (nSPS) is 13.4. The van der Waals surface area contributed by atoms with Crippen molar-refractivity contribution in [3.05, 3.63) is 64.2 Å².